The van der Waals surface area contributed by atoms with Gasteiger partial charge in [-0.1, -0.05) is 153 Å². The van der Waals surface area contributed by atoms with Crippen LogP contribution in [-0.4, -0.2) is 140 Å². The predicted octanol–water partition coefficient (Wildman–Crippen LogP) is 6.32. The Morgan fingerprint density at radius 1 is 0.547 bits per heavy atom. The van der Waals surface area contributed by atoms with E-state index in [1.807, 2.05) is 6.08 Å². The van der Waals surface area contributed by atoms with Gasteiger partial charge in [0, 0.05) is 6.42 Å². The number of rotatable bonds is 38. The number of hydrogen-bond donors (Lipinski definition) is 9. The van der Waals surface area contributed by atoms with Gasteiger partial charge in [-0.25, -0.2) is 0 Å². The van der Waals surface area contributed by atoms with E-state index in [1.165, 1.54) is 96.3 Å². The number of unbranched alkanes of at least 4 members (excludes halogenated alkanes) is 21. The van der Waals surface area contributed by atoms with E-state index in [0.29, 0.717) is 12.8 Å². The molecule has 0 bridgehead atoms. The third kappa shape index (κ3) is 24.3. The first-order valence-corrected chi connectivity index (χ1v) is 25.2. The lowest BCUT2D eigenvalue weighted by Crippen LogP contribution is -2.65. The number of carbonyl (C=O) groups is 1. The highest BCUT2D eigenvalue weighted by Crippen LogP contribution is 2.30. The van der Waals surface area contributed by atoms with Crippen molar-refractivity contribution in [3.05, 3.63) is 36.5 Å². The third-order valence-corrected chi connectivity index (χ3v) is 12.3. The summed E-state index contributed by atoms with van der Waals surface area (Å²) >= 11 is 0. The van der Waals surface area contributed by atoms with Gasteiger partial charge in [-0.05, 0) is 57.8 Å². The van der Waals surface area contributed by atoms with Crippen LogP contribution in [0.25, 0.3) is 0 Å². The Morgan fingerprint density at radius 2 is 1.00 bits per heavy atom. The van der Waals surface area contributed by atoms with Crippen molar-refractivity contribution < 1.29 is 64.6 Å². The minimum atomic E-state index is -1.79. The Bertz CT molecular complexity index is 1220. The molecule has 12 unspecified atom stereocenters. The summed E-state index contributed by atoms with van der Waals surface area (Å²) in [6.45, 7) is 2.72. The van der Waals surface area contributed by atoms with Crippen molar-refractivity contribution in [3.8, 4) is 0 Å². The number of amides is 1. The van der Waals surface area contributed by atoms with Crippen LogP contribution in [0.4, 0.5) is 0 Å². The third-order valence-electron chi connectivity index (χ3n) is 12.3. The minimum absolute atomic E-state index is 0.261. The SMILES string of the molecule is CCCCC/C=C\CCCCCCCC(=O)NC(COC1OC(CO)C(OC2OC(CO)C(O)C(O)C2O)C(O)C1O)C(O)/C=C/CC/C=C/CCCCCCCCCCCCCC. The van der Waals surface area contributed by atoms with Crippen molar-refractivity contribution in [3.63, 3.8) is 0 Å². The van der Waals surface area contributed by atoms with Gasteiger partial charge in [0.15, 0.2) is 12.6 Å². The molecular weight excluding hydrogens is 823 g/mol. The summed E-state index contributed by atoms with van der Waals surface area (Å²) in [7, 11) is 0. The first kappa shape index (κ1) is 58.3. The summed E-state index contributed by atoms with van der Waals surface area (Å²) in [5.41, 5.74) is 0. The van der Waals surface area contributed by atoms with Crippen molar-refractivity contribution in [1.29, 1.82) is 0 Å². The smallest absolute Gasteiger partial charge is 0.220 e. The number of nitrogens with one attached hydrogen (secondary N) is 1. The lowest BCUT2D eigenvalue weighted by atomic mass is 9.97. The largest absolute Gasteiger partial charge is 0.394 e. The Hall–Kier alpha value is -1.79. The second-order valence-electron chi connectivity index (χ2n) is 17.9. The molecule has 14 heteroatoms. The number of carbonyl (C=O) groups excluding carboxylic acids is 1. The van der Waals surface area contributed by atoms with E-state index in [9.17, 15) is 45.6 Å². The lowest BCUT2D eigenvalue weighted by molar-refractivity contribution is -0.359. The van der Waals surface area contributed by atoms with E-state index >= 15 is 0 Å². The van der Waals surface area contributed by atoms with Crippen molar-refractivity contribution >= 4 is 5.91 Å². The molecule has 2 heterocycles. The van der Waals surface area contributed by atoms with Gasteiger partial charge in [-0.2, -0.15) is 0 Å². The van der Waals surface area contributed by atoms with Crippen LogP contribution < -0.4 is 5.32 Å². The van der Waals surface area contributed by atoms with Gasteiger partial charge in [0.2, 0.25) is 5.91 Å². The number of aliphatic hydroxyl groups is 8. The second kappa shape index (κ2) is 37.2. The van der Waals surface area contributed by atoms with E-state index in [4.69, 9.17) is 18.9 Å². The first-order chi connectivity index (χ1) is 31.1. The van der Waals surface area contributed by atoms with E-state index in [0.717, 1.165) is 51.4 Å². The average molecular weight is 914 g/mol. The quantitative estimate of drug-likeness (QED) is 0.0244. The van der Waals surface area contributed by atoms with Gasteiger partial charge in [0.25, 0.3) is 0 Å². The molecular formula is C50H91NO13. The van der Waals surface area contributed by atoms with Crippen LogP contribution in [0.2, 0.25) is 0 Å². The zero-order valence-corrected chi connectivity index (χ0v) is 39.5. The monoisotopic (exact) mass is 914 g/mol. The zero-order valence-electron chi connectivity index (χ0n) is 39.5. The van der Waals surface area contributed by atoms with E-state index in [-0.39, 0.29) is 18.9 Å². The van der Waals surface area contributed by atoms with Gasteiger partial charge in [0.05, 0.1) is 32.0 Å². The predicted molar refractivity (Wildman–Crippen MR) is 249 cm³/mol. The second-order valence-corrected chi connectivity index (χ2v) is 17.9. The highest BCUT2D eigenvalue weighted by atomic mass is 16.7. The molecule has 0 spiro atoms. The Kier molecular flexibility index (Phi) is 33.9. The molecule has 374 valence electrons. The average Bonchev–Trinajstić information content (AvgIpc) is 3.29. The molecule has 0 aliphatic carbocycles. The molecule has 14 nitrogen and oxygen atoms in total. The Balaban J connectivity index is 1.87. The van der Waals surface area contributed by atoms with Crippen LogP contribution >= 0.6 is 0 Å². The van der Waals surface area contributed by atoms with Crippen LogP contribution in [0.5, 0.6) is 0 Å². The van der Waals surface area contributed by atoms with Crippen molar-refractivity contribution in [2.45, 2.75) is 254 Å². The van der Waals surface area contributed by atoms with Crippen molar-refractivity contribution in [1.82, 2.24) is 5.32 Å². The molecule has 12 atom stereocenters. The van der Waals surface area contributed by atoms with E-state index < -0.39 is 86.8 Å². The summed E-state index contributed by atoms with van der Waals surface area (Å²) in [6, 6.07) is -0.933. The van der Waals surface area contributed by atoms with E-state index in [1.54, 1.807) is 6.08 Å². The lowest BCUT2D eigenvalue weighted by Gasteiger charge is -2.46. The van der Waals surface area contributed by atoms with Crippen molar-refractivity contribution in [2.24, 2.45) is 0 Å². The molecule has 0 aromatic carbocycles. The van der Waals surface area contributed by atoms with Crippen LogP contribution in [-0.2, 0) is 23.7 Å². The first-order valence-electron chi connectivity index (χ1n) is 25.2. The molecule has 2 rings (SSSR count). The van der Waals surface area contributed by atoms with Gasteiger partial charge in [0.1, 0.15) is 48.8 Å². The fourth-order valence-corrected chi connectivity index (χ4v) is 8.12. The van der Waals surface area contributed by atoms with Crippen molar-refractivity contribution in [2.75, 3.05) is 19.8 Å². The minimum Gasteiger partial charge on any atom is -0.394 e. The normalized spacial score (nSPS) is 27.5. The van der Waals surface area contributed by atoms with Gasteiger partial charge >= 0.3 is 0 Å². The maximum Gasteiger partial charge on any atom is 0.220 e. The molecule has 2 fully saturated rings. The topological polar surface area (TPSA) is 228 Å². The van der Waals surface area contributed by atoms with Gasteiger partial charge in [-0.15, -0.1) is 0 Å². The molecule has 9 N–H and O–H groups in total. The zero-order chi connectivity index (χ0) is 46.8. The molecule has 2 aliphatic heterocycles. The fraction of sp³-hybridized carbons (Fsp3) is 0.860. The summed E-state index contributed by atoms with van der Waals surface area (Å²) in [6.07, 6.45) is 24.8. The number of aliphatic hydroxyl groups excluding tert-OH is 8. The van der Waals surface area contributed by atoms with Gasteiger partial charge in [-0.3, -0.25) is 4.79 Å². The molecule has 2 saturated heterocycles. The maximum atomic E-state index is 13.1. The Labute approximate surface area is 385 Å². The molecule has 0 aromatic rings. The van der Waals surface area contributed by atoms with E-state index in [2.05, 4.69) is 43.5 Å². The van der Waals surface area contributed by atoms with Crippen LogP contribution in [0, 0.1) is 0 Å². The molecule has 0 aromatic heterocycles. The summed E-state index contributed by atoms with van der Waals surface area (Å²) < 4.78 is 22.6. The molecule has 1 amide bonds. The molecule has 2 aliphatic rings. The number of ether oxygens (including phenoxy) is 4. The summed E-state index contributed by atoms with van der Waals surface area (Å²) in [5.74, 6) is -0.261. The van der Waals surface area contributed by atoms with Crippen LogP contribution in [0.1, 0.15) is 181 Å². The standard InChI is InChI=1S/C50H91NO13/c1-3-5-7-9-11-13-15-17-18-19-20-21-22-23-25-27-29-31-33-39(54)38(51-42(55)34-32-30-28-26-24-16-14-12-10-8-6-4-2)37-61-49-47(60)45(58)48(41(36-53)63-49)64-50-46(59)44(57)43(56)40(35-52)62-50/h12,14,23,25,31,33,38-41,43-50,52-54,56-60H,3-11,13,15-22,24,26-30,32,34-37H2,1-2H3,(H,51,55)/b14-12-,25-23+,33-31+. The maximum absolute atomic E-state index is 13.1. The Morgan fingerprint density at radius 3 is 1.56 bits per heavy atom. The summed E-state index contributed by atoms with van der Waals surface area (Å²) in [5, 5.41) is 86.6. The van der Waals surface area contributed by atoms with Gasteiger partial charge < -0.3 is 65.1 Å². The molecule has 0 radical (unpaired) electrons. The number of hydrogen-bond acceptors (Lipinski definition) is 13. The number of allylic oxidation sites excluding steroid dienone is 5. The van der Waals surface area contributed by atoms with Crippen LogP contribution in [0.15, 0.2) is 36.5 Å². The van der Waals surface area contributed by atoms with Crippen LogP contribution in [0.3, 0.4) is 0 Å². The highest BCUT2D eigenvalue weighted by molar-refractivity contribution is 5.76. The molecule has 0 saturated carbocycles. The summed E-state index contributed by atoms with van der Waals surface area (Å²) in [4.78, 5) is 13.1. The fourth-order valence-electron chi connectivity index (χ4n) is 8.12. The highest BCUT2D eigenvalue weighted by Gasteiger charge is 2.51. The molecule has 64 heavy (non-hydrogen) atoms.